The van der Waals surface area contributed by atoms with Crippen molar-refractivity contribution in [3.8, 4) is 22.6 Å². The van der Waals surface area contributed by atoms with E-state index in [0.29, 0.717) is 35.9 Å². The molecule has 1 aliphatic heterocycles. The van der Waals surface area contributed by atoms with Gasteiger partial charge in [0, 0.05) is 28.7 Å². The Kier molecular flexibility index (Phi) is 7.04. The van der Waals surface area contributed by atoms with Crippen LogP contribution in [0.2, 0.25) is 0 Å². The van der Waals surface area contributed by atoms with Crippen LogP contribution in [-0.4, -0.2) is 32.5 Å². The number of rotatable bonds is 7. The molecule has 0 aliphatic carbocycles. The second-order valence-electron chi connectivity index (χ2n) is 10.6. The Morgan fingerprint density at radius 2 is 1.75 bits per heavy atom. The Labute approximate surface area is 237 Å². The van der Waals surface area contributed by atoms with E-state index in [-0.39, 0.29) is 11.9 Å². The highest BCUT2D eigenvalue weighted by Crippen LogP contribution is 2.36. The molecule has 2 aromatic heterocycles. The zero-order chi connectivity index (χ0) is 27.7. The van der Waals surface area contributed by atoms with Crippen molar-refractivity contribution < 1.29 is 9.21 Å². The minimum absolute atomic E-state index is 0.0130. The van der Waals surface area contributed by atoms with Crippen LogP contribution in [0.3, 0.4) is 0 Å². The molecular formula is C32H31N5O2S. The van der Waals surface area contributed by atoms with E-state index in [1.807, 2.05) is 103 Å². The van der Waals surface area contributed by atoms with Gasteiger partial charge in [0.2, 0.25) is 11.8 Å². The molecule has 0 radical (unpaired) electrons. The van der Waals surface area contributed by atoms with Crippen molar-refractivity contribution in [3.05, 3.63) is 112 Å². The first kappa shape index (κ1) is 26.1. The molecule has 0 unspecified atom stereocenters. The third kappa shape index (κ3) is 5.33. The maximum Gasteiger partial charge on any atom is 0.254 e. The highest BCUT2D eigenvalue weighted by atomic mass is 32.1. The van der Waals surface area contributed by atoms with Crippen molar-refractivity contribution in [1.82, 2.24) is 20.1 Å². The van der Waals surface area contributed by atoms with Crippen molar-refractivity contribution in [2.45, 2.75) is 44.7 Å². The minimum atomic E-state index is -0.850. The normalized spacial score (nSPS) is 16.7. The van der Waals surface area contributed by atoms with Gasteiger partial charge in [-0.1, -0.05) is 60.7 Å². The monoisotopic (exact) mass is 549 g/mol. The van der Waals surface area contributed by atoms with Gasteiger partial charge >= 0.3 is 0 Å². The van der Waals surface area contributed by atoms with E-state index in [4.69, 9.17) is 10.2 Å². The molecule has 2 atom stereocenters. The van der Waals surface area contributed by atoms with Crippen molar-refractivity contribution in [3.63, 3.8) is 0 Å². The third-order valence-electron chi connectivity index (χ3n) is 7.30. The molecule has 40 heavy (non-hydrogen) atoms. The Bertz CT molecular complexity index is 1630. The highest BCUT2D eigenvalue weighted by molar-refractivity contribution is 7.09. The summed E-state index contributed by atoms with van der Waals surface area (Å²) in [5, 5.41) is 11.7. The first-order valence-corrected chi connectivity index (χ1v) is 14.4. The standard InChI is InChI=1S/C32H31N5O2S/c1-21-20-40-29(34-21)27-14-9-15-37(27)30(38)26-17-24(23-12-7-4-8-13-23)16-25(18-26)28-35-36-31(39-28)32(2,33)19-22-10-5-3-6-11-22/h3-8,10-13,16-18,20,27H,9,14-15,19,33H2,1-2H3/t27-,32+/m1/s1. The number of hydrogen-bond donors (Lipinski definition) is 1. The number of nitrogens with zero attached hydrogens (tertiary/aromatic N) is 4. The van der Waals surface area contributed by atoms with Crippen LogP contribution in [0.5, 0.6) is 0 Å². The van der Waals surface area contributed by atoms with Crippen LogP contribution in [0, 0.1) is 6.92 Å². The first-order valence-electron chi connectivity index (χ1n) is 13.5. The quantitative estimate of drug-likeness (QED) is 0.247. The van der Waals surface area contributed by atoms with Gasteiger partial charge in [-0.05, 0) is 68.0 Å². The number of carbonyl (C=O) groups is 1. The number of aromatic nitrogens is 3. The van der Waals surface area contributed by atoms with Gasteiger partial charge in [-0.25, -0.2) is 4.98 Å². The number of benzene rings is 3. The molecule has 5 aromatic rings. The summed E-state index contributed by atoms with van der Waals surface area (Å²) in [6, 6.07) is 25.8. The Hall–Kier alpha value is -4.14. The zero-order valence-electron chi connectivity index (χ0n) is 22.6. The second kappa shape index (κ2) is 10.8. The van der Waals surface area contributed by atoms with E-state index in [2.05, 4.69) is 15.2 Å². The Morgan fingerprint density at radius 1 is 1.02 bits per heavy atom. The Morgan fingerprint density at radius 3 is 2.48 bits per heavy atom. The van der Waals surface area contributed by atoms with Gasteiger partial charge in [0.15, 0.2) is 0 Å². The van der Waals surface area contributed by atoms with E-state index in [9.17, 15) is 4.79 Å². The van der Waals surface area contributed by atoms with Crippen molar-refractivity contribution in [1.29, 1.82) is 0 Å². The summed E-state index contributed by atoms with van der Waals surface area (Å²) in [6.07, 6.45) is 2.41. The maximum atomic E-state index is 14.0. The lowest BCUT2D eigenvalue weighted by Crippen LogP contribution is -2.35. The van der Waals surface area contributed by atoms with E-state index < -0.39 is 5.54 Å². The van der Waals surface area contributed by atoms with E-state index in [1.54, 1.807) is 11.3 Å². The van der Waals surface area contributed by atoms with E-state index in [0.717, 1.165) is 40.2 Å². The average Bonchev–Trinajstić information content (AvgIpc) is 3.74. The summed E-state index contributed by atoms with van der Waals surface area (Å²) in [5.41, 5.74) is 11.0. The average molecular weight is 550 g/mol. The van der Waals surface area contributed by atoms with Crippen LogP contribution in [0.4, 0.5) is 0 Å². The fraction of sp³-hybridized carbons (Fsp3) is 0.250. The summed E-state index contributed by atoms with van der Waals surface area (Å²) in [6.45, 7) is 4.57. The number of likely N-dealkylation sites (tertiary alicyclic amines) is 1. The summed E-state index contributed by atoms with van der Waals surface area (Å²) in [5.74, 6) is 0.657. The topological polar surface area (TPSA) is 98.1 Å². The fourth-order valence-corrected chi connectivity index (χ4v) is 6.24. The molecule has 1 amide bonds. The van der Waals surface area contributed by atoms with Crippen LogP contribution in [0.25, 0.3) is 22.6 Å². The number of hydrogen-bond acceptors (Lipinski definition) is 7. The van der Waals surface area contributed by atoms with Crippen LogP contribution in [0.1, 0.15) is 58.3 Å². The molecule has 0 bridgehead atoms. The summed E-state index contributed by atoms with van der Waals surface area (Å²) >= 11 is 1.62. The third-order valence-corrected chi connectivity index (χ3v) is 8.36. The summed E-state index contributed by atoms with van der Waals surface area (Å²) < 4.78 is 6.17. The van der Waals surface area contributed by atoms with Crippen LogP contribution < -0.4 is 5.73 Å². The molecular weight excluding hydrogens is 518 g/mol. The molecule has 3 aromatic carbocycles. The molecule has 0 saturated carbocycles. The maximum absolute atomic E-state index is 14.0. The Balaban J connectivity index is 1.36. The van der Waals surface area contributed by atoms with Crippen LogP contribution in [-0.2, 0) is 12.0 Å². The zero-order valence-corrected chi connectivity index (χ0v) is 23.4. The first-order chi connectivity index (χ1) is 19.4. The summed E-state index contributed by atoms with van der Waals surface area (Å²) in [7, 11) is 0. The summed E-state index contributed by atoms with van der Waals surface area (Å²) in [4.78, 5) is 20.6. The molecule has 202 valence electrons. The molecule has 0 spiro atoms. The van der Waals surface area contributed by atoms with Crippen molar-refractivity contribution in [2.75, 3.05) is 6.54 Å². The predicted octanol–water partition coefficient (Wildman–Crippen LogP) is 6.56. The minimum Gasteiger partial charge on any atom is -0.419 e. The number of carbonyl (C=O) groups excluding carboxylic acids is 1. The lowest BCUT2D eigenvalue weighted by molar-refractivity contribution is 0.0735. The van der Waals surface area contributed by atoms with Crippen LogP contribution >= 0.6 is 11.3 Å². The molecule has 1 aliphatic rings. The molecule has 3 heterocycles. The SMILES string of the molecule is Cc1csc([C@H]2CCCN2C(=O)c2cc(-c3ccccc3)cc(-c3nnc([C@@](C)(N)Cc4ccccc4)o3)c2)n1. The lowest BCUT2D eigenvalue weighted by atomic mass is 9.94. The van der Waals surface area contributed by atoms with E-state index in [1.165, 1.54) is 0 Å². The largest absolute Gasteiger partial charge is 0.419 e. The lowest BCUT2D eigenvalue weighted by Gasteiger charge is -2.23. The molecule has 1 fully saturated rings. The van der Waals surface area contributed by atoms with Crippen molar-refractivity contribution in [2.24, 2.45) is 5.73 Å². The molecule has 6 rings (SSSR count). The molecule has 7 nitrogen and oxygen atoms in total. The van der Waals surface area contributed by atoms with E-state index >= 15 is 0 Å². The van der Waals surface area contributed by atoms with Crippen molar-refractivity contribution >= 4 is 17.2 Å². The number of amides is 1. The van der Waals surface area contributed by atoms with Gasteiger partial charge in [-0.3, -0.25) is 4.79 Å². The second-order valence-corrected chi connectivity index (χ2v) is 11.5. The fourth-order valence-electron chi connectivity index (χ4n) is 5.30. The number of aryl methyl sites for hydroxylation is 1. The van der Waals surface area contributed by atoms with Gasteiger partial charge in [-0.2, -0.15) is 0 Å². The van der Waals surface area contributed by atoms with Crippen LogP contribution in [0.15, 0.2) is 88.7 Å². The van der Waals surface area contributed by atoms with Gasteiger partial charge in [0.1, 0.15) is 5.01 Å². The molecule has 2 N–H and O–H groups in total. The van der Waals surface area contributed by atoms with Gasteiger partial charge in [-0.15, -0.1) is 21.5 Å². The van der Waals surface area contributed by atoms with Gasteiger partial charge < -0.3 is 15.1 Å². The smallest absolute Gasteiger partial charge is 0.254 e. The number of nitrogens with two attached hydrogens (primary N) is 1. The molecule has 1 saturated heterocycles. The number of thiazole rings is 1. The predicted molar refractivity (Wildman–Crippen MR) is 157 cm³/mol. The molecule has 8 heteroatoms. The van der Waals surface area contributed by atoms with Gasteiger partial charge in [0.25, 0.3) is 5.91 Å². The highest BCUT2D eigenvalue weighted by Gasteiger charge is 2.33. The van der Waals surface area contributed by atoms with Gasteiger partial charge in [0.05, 0.1) is 11.6 Å².